The van der Waals surface area contributed by atoms with Gasteiger partial charge in [0, 0.05) is 6.42 Å². The molecule has 0 saturated carbocycles. The summed E-state index contributed by atoms with van der Waals surface area (Å²) >= 11 is 0. The highest BCUT2D eigenvalue weighted by Gasteiger charge is 2.27. The van der Waals surface area contributed by atoms with Gasteiger partial charge in [-0.05, 0) is 6.08 Å². The molecule has 0 aromatic rings. The fourth-order valence-electron chi connectivity index (χ4n) is 1.03. The molecule has 0 saturated heterocycles. The van der Waals surface area contributed by atoms with Gasteiger partial charge >= 0.3 is 0 Å². The number of allylic oxidation sites excluding steroid dienone is 2. The normalized spacial score (nSPS) is 21.5. The molecule has 2 rings (SSSR count). The molecule has 0 N–H and O–H groups in total. The maximum Gasteiger partial charge on any atom is 0.232 e. The average molecular weight is 148 g/mol. The van der Waals surface area contributed by atoms with Crippen LogP contribution in [0.4, 0.5) is 0 Å². The number of carbonyl (C=O) groups is 2. The first-order valence-electron chi connectivity index (χ1n) is 3.18. The molecule has 1 aliphatic heterocycles. The van der Waals surface area contributed by atoms with Crippen molar-refractivity contribution in [1.82, 2.24) is 0 Å². The summed E-state index contributed by atoms with van der Waals surface area (Å²) in [4.78, 5) is 21.8. The largest absolute Gasteiger partial charge is 0.290 e. The highest BCUT2D eigenvalue weighted by molar-refractivity contribution is 6.45. The summed E-state index contributed by atoms with van der Waals surface area (Å²) in [5.41, 5.74) is 0.871. The minimum absolute atomic E-state index is 0.157. The maximum atomic E-state index is 11.0. The first kappa shape index (κ1) is 6.15. The van der Waals surface area contributed by atoms with Gasteiger partial charge in [0.15, 0.2) is 0 Å². The zero-order valence-corrected chi connectivity index (χ0v) is 5.57. The Morgan fingerprint density at radius 3 is 3.00 bits per heavy atom. The number of fused-ring (bicyclic) bond motifs is 1. The van der Waals surface area contributed by atoms with Crippen molar-refractivity contribution < 1.29 is 9.59 Å². The number of azo groups is 1. The Hall–Kier alpha value is -1.58. The number of nitrogens with zero attached hydrogens (tertiary/aromatic N) is 2. The van der Waals surface area contributed by atoms with E-state index in [0.29, 0.717) is 11.3 Å². The number of Topliss-reactive ketones (excluding diaryl/α,β-unsaturated/α-hetero) is 2. The van der Waals surface area contributed by atoms with Gasteiger partial charge in [0.25, 0.3) is 0 Å². The Labute approximate surface area is 62.3 Å². The third-order valence-electron chi connectivity index (χ3n) is 1.61. The summed E-state index contributed by atoms with van der Waals surface area (Å²) in [6, 6.07) is 0. The van der Waals surface area contributed by atoms with Gasteiger partial charge in [-0.3, -0.25) is 9.59 Å². The topological polar surface area (TPSA) is 58.9 Å². The van der Waals surface area contributed by atoms with Crippen LogP contribution in [0.5, 0.6) is 0 Å². The van der Waals surface area contributed by atoms with E-state index in [2.05, 4.69) is 10.2 Å². The Bertz CT molecular complexity index is 336. The molecule has 0 unspecified atom stereocenters. The Morgan fingerprint density at radius 2 is 2.18 bits per heavy atom. The molecule has 54 valence electrons. The van der Waals surface area contributed by atoms with Crippen molar-refractivity contribution >= 4 is 11.6 Å². The number of hydrogen-bond acceptors (Lipinski definition) is 4. The minimum Gasteiger partial charge on any atom is -0.290 e. The Kier molecular flexibility index (Phi) is 1.09. The zero-order chi connectivity index (χ0) is 7.84. The molecule has 4 nitrogen and oxygen atoms in total. The Balaban J connectivity index is 2.52. The van der Waals surface area contributed by atoms with Crippen LogP contribution in [0, 0.1) is 0 Å². The number of ketones is 2. The van der Waals surface area contributed by atoms with Crippen molar-refractivity contribution in [2.45, 2.75) is 6.42 Å². The molecule has 0 atom stereocenters. The van der Waals surface area contributed by atoms with Crippen LogP contribution in [-0.2, 0) is 9.59 Å². The summed E-state index contributed by atoms with van der Waals surface area (Å²) in [7, 11) is 0. The molecule has 1 heterocycles. The predicted octanol–water partition coefficient (Wildman–Crippen LogP) is 0.762. The van der Waals surface area contributed by atoms with Crippen LogP contribution in [0.15, 0.2) is 33.8 Å². The predicted molar refractivity (Wildman–Crippen MR) is 35.7 cm³/mol. The van der Waals surface area contributed by atoms with E-state index < -0.39 is 5.78 Å². The lowest BCUT2D eigenvalue weighted by Crippen LogP contribution is -2.19. The molecular formula is C7H4N2O2. The lowest BCUT2D eigenvalue weighted by molar-refractivity contribution is -0.134. The maximum absolute atomic E-state index is 11.0. The van der Waals surface area contributed by atoms with Crippen LogP contribution in [0.3, 0.4) is 0 Å². The lowest BCUT2D eigenvalue weighted by Gasteiger charge is -2.04. The van der Waals surface area contributed by atoms with Gasteiger partial charge in [0.1, 0.15) is 0 Å². The summed E-state index contributed by atoms with van der Waals surface area (Å²) in [6.45, 7) is 0. The third kappa shape index (κ3) is 0.756. The van der Waals surface area contributed by atoms with Gasteiger partial charge in [-0.2, -0.15) is 10.2 Å². The highest BCUT2D eigenvalue weighted by atomic mass is 16.2. The van der Waals surface area contributed by atoms with Gasteiger partial charge in [-0.15, -0.1) is 0 Å². The summed E-state index contributed by atoms with van der Waals surface area (Å²) < 4.78 is 0. The summed E-state index contributed by atoms with van der Waals surface area (Å²) in [6.07, 6.45) is 3.10. The van der Waals surface area contributed by atoms with Crippen molar-refractivity contribution in [1.29, 1.82) is 0 Å². The van der Waals surface area contributed by atoms with Gasteiger partial charge in [-0.25, -0.2) is 0 Å². The lowest BCUT2D eigenvalue weighted by atomic mass is 9.98. The van der Waals surface area contributed by atoms with E-state index in [0.717, 1.165) is 0 Å². The smallest absolute Gasteiger partial charge is 0.232 e. The van der Waals surface area contributed by atoms with Crippen molar-refractivity contribution in [2.75, 3.05) is 0 Å². The van der Waals surface area contributed by atoms with Crippen molar-refractivity contribution in [3.63, 3.8) is 0 Å². The first-order valence-corrected chi connectivity index (χ1v) is 3.18. The molecule has 0 fully saturated rings. The van der Waals surface area contributed by atoms with Gasteiger partial charge in [0.2, 0.25) is 11.6 Å². The monoisotopic (exact) mass is 148 g/mol. The molecule has 11 heavy (non-hydrogen) atoms. The molecule has 0 radical (unpaired) electrons. The Morgan fingerprint density at radius 1 is 1.36 bits per heavy atom. The van der Waals surface area contributed by atoms with E-state index in [-0.39, 0.29) is 12.2 Å². The van der Waals surface area contributed by atoms with Crippen LogP contribution >= 0.6 is 0 Å². The van der Waals surface area contributed by atoms with E-state index in [1.165, 1.54) is 6.20 Å². The quantitative estimate of drug-likeness (QED) is 0.476. The van der Waals surface area contributed by atoms with Gasteiger partial charge in [0.05, 0.1) is 17.5 Å². The van der Waals surface area contributed by atoms with Crippen LogP contribution in [0.1, 0.15) is 6.42 Å². The second kappa shape index (κ2) is 1.95. The van der Waals surface area contributed by atoms with Crippen LogP contribution in [0.25, 0.3) is 0 Å². The molecule has 0 bridgehead atoms. The molecule has 0 amide bonds. The average Bonchev–Trinajstić information content (AvgIpc) is 2.45. The van der Waals surface area contributed by atoms with E-state index in [1.54, 1.807) is 6.08 Å². The molecular weight excluding hydrogens is 144 g/mol. The SMILES string of the molecule is O=C1CC=C2N=NC=C2C1=O. The van der Waals surface area contributed by atoms with Crippen molar-refractivity contribution in [2.24, 2.45) is 10.2 Å². The van der Waals surface area contributed by atoms with E-state index in [9.17, 15) is 9.59 Å². The molecule has 0 aromatic carbocycles. The highest BCUT2D eigenvalue weighted by Crippen LogP contribution is 2.24. The fraction of sp³-hybridized carbons (Fsp3) is 0.143. The van der Waals surface area contributed by atoms with Crippen LogP contribution < -0.4 is 0 Å². The summed E-state index contributed by atoms with van der Waals surface area (Å²) in [5, 5.41) is 7.20. The first-order chi connectivity index (χ1) is 5.29. The second-order valence-electron chi connectivity index (χ2n) is 2.30. The third-order valence-corrected chi connectivity index (χ3v) is 1.61. The van der Waals surface area contributed by atoms with Gasteiger partial charge in [-0.1, -0.05) is 0 Å². The fourth-order valence-corrected chi connectivity index (χ4v) is 1.03. The minimum atomic E-state index is -0.465. The molecule has 0 spiro atoms. The van der Waals surface area contributed by atoms with Crippen LogP contribution in [-0.4, -0.2) is 11.6 Å². The van der Waals surface area contributed by atoms with E-state index >= 15 is 0 Å². The number of carbonyl (C=O) groups excluding carboxylic acids is 2. The molecule has 4 heteroatoms. The van der Waals surface area contributed by atoms with Crippen molar-refractivity contribution in [3.05, 3.63) is 23.5 Å². The molecule has 0 aromatic heterocycles. The van der Waals surface area contributed by atoms with Gasteiger partial charge < -0.3 is 0 Å². The molecule has 1 aliphatic carbocycles. The summed E-state index contributed by atoms with van der Waals surface area (Å²) in [5.74, 6) is -0.847. The second-order valence-corrected chi connectivity index (χ2v) is 2.30. The van der Waals surface area contributed by atoms with E-state index in [1.807, 2.05) is 0 Å². The standard InChI is InChI=1S/C7H4N2O2/c10-6-2-1-5-4(7(6)11)3-8-9-5/h1,3H,2H2. The number of hydrogen-bond donors (Lipinski definition) is 0. The number of rotatable bonds is 0. The van der Waals surface area contributed by atoms with E-state index in [4.69, 9.17) is 0 Å². The zero-order valence-electron chi connectivity index (χ0n) is 5.57. The molecule has 2 aliphatic rings. The van der Waals surface area contributed by atoms with Crippen LogP contribution in [0.2, 0.25) is 0 Å². The van der Waals surface area contributed by atoms with Crippen molar-refractivity contribution in [3.8, 4) is 0 Å².